The Morgan fingerprint density at radius 3 is 1.82 bits per heavy atom. The van der Waals surface area contributed by atoms with Crippen LogP contribution in [0.25, 0.3) is 0 Å². The van der Waals surface area contributed by atoms with Crippen molar-refractivity contribution in [3.63, 3.8) is 0 Å². The van der Waals surface area contributed by atoms with Crippen molar-refractivity contribution in [3.05, 3.63) is 0 Å². The van der Waals surface area contributed by atoms with Crippen molar-refractivity contribution in [2.45, 2.75) is 25.3 Å². The summed E-state index contributed by atoms with van der Waals surface area (Å²) in [5.41, 5.74) is 5.69. The molecule has 0 bridgehead atoms. The van der Waals surface area contributed by atoms with Gasteiger partial charge >= 0.3 is 0 Å². The van der Waals surface area contributed by atoms with Crippen molar-refractivity contribution in [3.8, 4) is 0 Å². The molecule has 2 N–H and O–H groups in total. The zero-order valence-electron chi connectivity index (χ0n) is 9.97. The SMILES string of the molecule is NC1CC1C(=O)N1CCN(C(=O)C2CC2)CC1. The first-order valence-corrected chi connectivity index (χ1v) is 6.50. The minimum atomic E-state index is 0.0562. The van der Waals surface area contributed by atoms with Crippen molar-refractivity contribution in [1.82, 2.24) is 9.80 Å². The van der Waals surface area contributed by atoms with E-state index in [2.05, 4.69) is 0 Å². The van der Waals surface area contributed by atoms with Gasteiger partial charge in [-0.2, -0.15) is 0 Å². The molecule has 0 aromatic heterocycles. The van der Waals surface area contributed by atoms with Gasteiger partial charge in [0.25, 0.3) is 0 Å². The van der Waals surface area contributed by atoms with Crippen LogP contribution in [0.3, 0.4) is 0 Å². The Balaban J connectivity index is 1.50. The monoisotopic (exact) mass is 237 g/mol. The number of amides is 2. The summed E-state index contributed by atoms with van der Waals surface area (Å²) in [7, 11) is 0. The highest BCUT2D eigenvalue weighted by Gasteiger charge is 2.43. The van der Waals surface area contributed by atoms with Crippen LogP contribution in [-0.4, -0.2) is 53.8 Å². The minimum Gasteiger partial charge on any atom is -0.339 e. The average Bonchev–Trinajstić information content (AvgIpc) is 3.22. The Bertz CT molecular complexity index is 346. The molecule has 0 aromatic carbocycles. The molecule has 3 fully saturated rings. The number of nitrogens with zero attached hydrogens (tertiary/aromatic N) is 2. The molecule has 2 unspecified atom stereocenters. The molecule has 2 aliphatic carbocycles. The Kier molecular flexibility index (Phi) is 2.58. The van der Waals surface area contributed by atoms with E-state index in [0.29, 0.717) is 32.1 Å². The van der Waals surface area contributed by atoms with E-state index < -0.39 is 0 Å². The van der Waals surface area contributed by atoms with Gasteiger partial charge in [0.15, 0.2) is 0 Å². The Labute approximate surface area is 101 Å². The van der Waals surface area contributed by atoms with Crippen LogP contribution >= 0.6 is 0 Å². The molecule has 0 radical (unpaired) electrons. The number of nitrogens with two attached hydrogens (primary N) is 1. The molecule has 2 saturated carbocycles. The maximum absolute atomic E-state index is 11.9. The maximum Gasteiger partial charge on any atom is 0.227 e. The van der Waals surface area contributed by atoms with Crippen LogP contribution in [0.15, 0.2) is 0 Å². The van der Waals surface area contributed by atoms with Crippen LogP contribution in [0.2, 0.25) is 0 Å². The third-order valence-electron chi connectivity index (χ3n) is 3.99. The fourth-order valence-corrected chi connectivity index (χ4v) is 2.47. The first-order chi connectivity index (χ1) is 8.16. The first kappa shape index (κ1) is 11.0. The molecular formula is C12H19N3O2. The number of carbonyl (C=O) groups is 2. The Hall–Kier alpha value is -1.10. The van der Waals surface area contributed by atoms with E-state index >= 15 is 0 Å². The largest absolute Gasteiger partial charge is 0.339 e. The highest BCUT2D eigenvalue weighted by Crippen LogP contribution is 2.32. The zero-order valence-corrected chi connectivity index (χ0v) is 9.97. The summed E-state index contributed by atoms with van der Waals surface area (Å²) in [5, 5.41) is 0. The van der Waals surface area contributed by atoms with Crippen molar-refractivity contribution in [2.75, 3.05) is 26.2 Å². The maximum atomic E-state index is 11.9. The predicted octanol–water partition coefficient (Wildman–Crippen LogP) is -0.586. The van der Waals surface area contributed by atoms with Gasteiger partial charge in [0.2, 0.25) is 11.8 Å². The van der Waals surface area contributed by atoms with Crippen LogP contribution in [-0.2, 0) is 9.59 Å². The molecular weight excluding hydrogens is 218 g/mol. The van der Waals surface area contributed by atoms with Gasteiger partial charge in [0.1, 0.15) is 0 Å². The number of hydrogen-bond donors (Lipinski definition) is 1. The molecule has 5 heteroatoms. The number of rotatable bonds is 2. The predicted molar refractivity (Wildman–Crippen MR) is 62.0 cm³/mol. The van der Waals surface area contributed by atoms with Crippen LogP contribution < -0.4 is 5.73 Å². The zero-order chi connectivity index (χ0) is 12.0. The van der Waals surface area contributed by atoms with E-state index in [9.17, 15) is 9.59 Å². The smallest absolute Gasteiger partial charge is 0.227 e. The van der Waals surface area contributed by atoms with Gasteiger partial charge in [-0.25, -0.2) is 0 Å². The van der Waals surface area contributed by atoms with Crippen molar-refractivity contribution in [1.29, 1.82) is 0 Å². The molecule has 3 rings (SSSR count). The fourth-order valence-electron chi connectivity index (χ4n) is 2.47. The molecule has 17 heavy (non-hydrogen) atoms. The van der Waals surface area contributed by atoms with Gasteiger partial charge in [0.05, 0.1) is 5.92 Å². The number of carbonyl (C=O) groups excluding carboxylic acids is 2. The normalized spacial score (nSPS) is 32.5. The average molecular weight is 237 g/mol. The van der Waals surface area contributed by atoms with E-state index in [-0.39, 0.29) is 23.8 Å². The number of piperazine rings is 1. The molecule has 1 heterocycles. The summed E-state index contributed by atoms with van der Waals surface area (Å²) < 4.78 is 0. The van der Waals surface area contributed by atoms with Gasteiger partial charge in [-0.3, -0.25) is 9.59 Å². The van der Waals surface area contributed by atoms with Crippen LogP contribution in [0.4, 0.5) is 0 Å². The molecule has 5 nitrogen and oxygen atoms in total. The van der Waals surface area contributed by atoms with Crippen molar-refractivity contribution < 1.29 is 9.59 Å². The van der Waals surface area contributed by atoms with Crippen LogP contribution in [0.5, 0.6) is 0 Å². The van der Waals surface area contributed by atoms with Crippen molar-refractivity contribution >= 4 is 11.8 Å². The summed E-state index contributed by atoms with van der Waals surface area (Å²) in [4.78, 5) is 27.6. The lowest BCUT2D eigenvalue weighted by Gasteiger charge is -2.35. The van der Waals surface area contributed by atoms with E-state index in [1.807, 2.05) is 9.80 Å². The van der Waals surface area contributed by atoms with Crippen LogP contribution in [0, 0.1) is 11.8 Å². The second-order valence-corrected chi connectivity index (χ2v) is 5.43. The number of hydrogen-bond acceptors (Lipinski definition) is 3. The lowest BCUT2D eigenvalue weighted by atomic mass is 10.2. The summed E-state index contributed by atoms with van der Waals surface area (Å²) in [5.74, 6) is 0.825. The molecule has 2 amide bonds. The molecule has 0 aromatic rings. The van der Waals surface area contributed by atoms with E-state index in [0.717, 1.165) is 19.3 Å². The minimum absolute atomic E-state index is 0.0562. The highest BCUT2D eigenvalue weighted by atomic mass is 16.2. The Morgan fingerprint density at radius 1 is 0.941 bits per heavy atom. The summed E-state index contributed by atoms with van der Waals surface area (Å²) in [6.07, 6.45) is 2.93. The van der Waals surface area contributed by atoms with Gasteiger partial charge < -0.3 is 15.5 Å². The topological polar surface area (TPSA) is 66.6 Å². The highest BCUT2D eigenvalue weighted by molar-refractivity contribution is 5.84. The van der Waals surface area contributed by atoms with Gasteiger partial charge in [-0.15, -0.1) is 0 Å². The lowest BCUT2D eigenvalue weighted by molar-refractivity contribution is -0.141. The Morgan fingerprint density at radius 2 is 1.41 bits per heavy atom. The molecule has 0 spiro atoms. The van der Waals surface area contributed by atoms with Crippen molar-refractivity contribution in [2.24, 2.45) is 17.6 Å². The standard InChI is InChI=1S/C12H19N3O2/c13-10-7-9(10)12(17)15-5-3-14(4-6-15)11(16)8-1-2-8/h8-10H,1-7,13H2. The second-order valence-electron chi connectivity index (χ2n) is 5.43. The molecule has 94 valence electrons. The summed E-state index contributed by atoms with van der Waals surface area (Å²) >= 11 is 0. The third kappa shape index (κ3) is 2.16. The summed E-state index contributed by atoms with van der Waals surface area (Å²) in [6, 6.07) is 0.0774. The van der Waals surface area contributed by atoms with Gasteiger partial charge in [0, 0.05) is 38.1 Å². The fraction of sp³-hybridized carbons (Fsp3) is 0.833. The molecule has 1 saturated heterocycles. The van der Waals surface area contributed by atoms with Crippen LogP contribution in [0.1, 0.15) is 19.3 Å². The van der Waals surface area contributed by atoms with Gasteiger partial charge in [-0.05, 0) is 19.3 Å². The molecule has 3 aliphatic rings. The second kappa shape index (κ2) is 3.98. The quantitative estimate of drug-likeness (QED) is 0.698. The molecule has 1 aliphatic heterocycles. The van der Waals surface area contributed by atoms with E-state index in [4.69, 9.17) is 5.73 Å². The summed E-state index contributed by atoms with van der Waals surface area (Å²) in [6.45, 7) is 2.76. The third-order valence-corrected chi connectivity index (χ3v) is 3.99. The molecule has 2 atom stereocenters. The van der Waals surface area contributed by atoms with E-state index in [1.165, 1.54) is 0 Å². The van der Waals surface area contributed by atoms with E-state index in [1.54, 1.807) is 0 Å². The van der Waals surface area contributed by atoms with Gasteiger partial charge in [-0.1, -0.05) is 0 Å². The first-order valence-electron chi connectivity index (χ1n) is 6.50. The lowest BCUT2D eigenvalue weighted by Crippen LogP contribution is -2.51.